The van der Waals surface area contributed by atoms with Crippen molar-refractivity contribution in [3.05, 3.63) is 40.9 Å². The largest absolute Gasteiger partial charge is 0.443 e. The molecule has 1 aromatic heterocycles. The molecule has 1 amide bonds. The summed E-state index contributed by atoms with van der Waals surface area (Å²) in [5.41, 5.74) is 0.716. The lowest BCUT2D eigenvalue weighted by molar-refractivity contribution is -0.122. The lowest BCUT2D eigenvalue weighted by atomic mass is 10.0. The van der Waals surface area contributed by atoms with Crippen LogP contribution in [-0.4, -0.2) is 34.3 Å². The molecule has 0 aliphatic rings. The van der Waals surface area contributed by atoms with E-state index in [1.165, 1.54) is 4.57 Å². The molecule has 1 atom stereocenters. The third-order valence-electron chi connectivity index (χ3n) is 3.66. The van der Waals surface area contributed by atoms with E-state index in [0.717, 1.165) is 5.39 Å². The highest BCUT2D eigenvalue weighted by Gasteiger charge is 2.25. The van der Waals surface area contributed by atoms with Crippen molar-refractivity contribution in [1.29, 1.82) is 0 Å². The third-order valence-corrected chi connectivity index (χ3v) is 3.66. The number of carbonyl (C=O) groups excluding carboxylic acids is 2. The van der Waals surface area contributed by atoms with Crippen molar-refractivity contribution in [1.82, 2.24) is 9.88 Å². The minimum absolute atomic E-state index is 0.0881. The molecule has 1 N–H and O–H groups in total. The summed E-state index contributed by atoms with van der Waals surface area (Å²) in [4.78, 5) is 35.8. The van der Waals surface area contributed by atoms with Gasteiger partial charge in [-0.1, -0.05) is 23.4 Å². The van der Waals surface area contributed by atoms with Gasteiger partial charge in [0.05, 0.1) is 5.52 Å². The standard InChI is InChI=1S/C19H25N3O4/c1-12(2)20-17(23)15(21-25)10-13-11-22(18(24)26-19(3,4)5)16-9-7-6-8-14(13)16/h6-9,11-12,15H,10H2,1-5H3,(H,20,23)/t15-/m0/s1. The maximum atomic E-state index is 12.5. The van der Waals surface area contributed by atoms with Gasteiger partial charge in [0.1, 0.15) is 5.60 Å². The molecule has 26 heavy (non-hydrogen) atoms. The smallest absolute Gasteiger partial charge is 0.419 e. The first kappa shape index (κ1) is 19.6. The van der Waals surface area contributed by atoms with Gasteiger partial charge in [0, 0.05) is 24.0 Å². The van der Waals surface area contributed by atoms with E-state index >= 15 is 0 Å². The zero-order valence-electron chi connectivity index (χ0n) is 15.8. The van der Waals surface area contributed by atoms with Gasteiger partial charge in [-0.25, -0.2) is 4.79 Å². The highest BCUT2D eigenvalue weighted by atomic mass is 16.6. The molecule has 0 radical (unpaired) electrons. The van der Waals surface area contributed by atoms with Gasteiger partial charge in [-0.15, -0.1) is 4.91 Å². The molecule has 0 saturated carbocycles. The molecule has 0 spiro atoms. The Morgan fingerprint density at radius 3 is 2.46 bits per heavy atom. The van der Waals surface area contributed by atoms with Crippen molar-refractivity contribution in [3.8, 4) is 0 Å². The van der Waals surface area contributed by atoms with Crippen molar-refractivity contribution in [2.45, 2.75) is 58.7 Å². The summed E-state index contributed by atoms with van der Waals surface area (Å²) in [6.07, 6.45) is 1.21. The average Bonchev–Trinajstić information content (AvgIpc) is 2.89. The summed E-state index contributed by atoms with van der Waals surface area (Å²) in [7, 11) is 0. The Hall–Kier alpha value is -2.70. The van der Waals surface area contributed by atoms with E-state index in [1.54, 1.807) is 33.0 Å². The van der Waals surface area contributed by atoms with Crippen LogP contribution in [0.5, 0.6) is 0 Å². The third kappa shape index (κ3) is 4.68. The Kier molecular flexibility index (Phi) is 5.79. The Balaban J connectivity index is 2.38. The first-order valence-corrected chi connectivity index (χ1v) is 8.57. The molecule has 2 aromatic rings. The van der Waals surface area contributed by atoms with Gasteiger partial charge in [0.2, 0.25) is 5.91 Å². The van der Waals surface area contributed by atoms with Gasteiger partial charge >= 0.3 is 6.09 Å². The van der Waals surface area contributed by atoms with Crippen LogP contribution in [0.3, 0.4) is 0 Å². The van der Waals surface area contributed by atoms with Crippen molar-refractivity contribution in [2.75, 3.05) is 0 Å². The van der Waals surface area contributed by atoms with E-state index in [0.29, 0.717) is 11.1 Å². The van der Waals surface area contributed by atoms with Crippen molar-refractivity contribution in [2.24, 2.45) is 5.18 Å². The van der Waals surface area contributed by atoms with Crippen LogP contribution >= 0.6 is 0 Å². The molecule has 1 aromatic carbocycles. The quantitative estimate of drug-likeness (QED) is 0.826. The van der Waals surface area contributed by atoms with E-state index < -0.39 is 23.6 Å². The molecule has 0 saturated heterocycles. The van der Waals surface area contributed by atoms with E-state index in [-0.39, 0.29) is 12.5 Å². The van der Waals surface area contributed by atoms with Gasteiger partial charge in [-0.2, -0.15) is 0 Å². The minimum atomic E-state index is -1.06. The maximum Gasteiger partial charge on any atom is 0.419 e. The highest BCUT2D eigenvalue weighted by molar-refractivity contribution is 5.93. The fraction of sp³-hybridized carbons (Fsp3) is 0.474. The number of benzene rings is 1. The van der Waals surface area contributed by atoms with Crippen LogP contribution in [0.25, 0.3) is 10.9 Å². The van der Waals surface area contributed by atoms with Crippen molar-refractivity contribution < 1.29 is 14.3 Å². The van der Waals surface area contributed by atoms with Gasteiger partial charge < -0.3 is 10.1 Å². The zero-order chi connectivity index (χ0) is 19.5. The summed E-state index contributed by atoms with van der Waals surface area (Å²) in [6.45, 7) is 9.00. The van der Waals surface area contributed by atoms with Crippen LogP contribution in [-0.2, 0) is 16.0 Å². The molecule has 0 bridgehead atoms. The van der Waals surface area contributed by atoms with Gasteiger partial charge in [0.15, 0.2) is 6.04 Å². The normalized spacial score (nSPS) is 12.8. The molecule has 7 nitrogen and oxygen atoms in total. The van der Waals surface area contributed by atoms with E-state index in [2.05, 4.69) is 10.5 Å². The first-order chi connectivity index (χ1) is 12.1. The molecular formula is C19H25N3O4. The van der Waals surface area contributed by atoms with Crippen molar-refractivity contribution in [3.63, 3.8) is 0 Å². The van der Waals surface area contributed by atoms with E-state index in [9.17, 15) is 14.5 Å². The van der Waals surface area contributed by atoms with Gasteiger partial charge in [-0.05, 0) is 46.2 Å². The molecule has 1 heterocycles. The predicted molar refractivity (Wildman–Crippen MR) is 100 cm³/mol. The van der Waals surface area contributed by atoms with Crippen LogP contribution < -0.4 is 5.32 Å². The molecule has 140 valence electrons. The number of fused-ring (bicyclic) bond motifs is 1. The van der Waals surface area contributed by atoms with Gasteiger partial charge in [-0.3, -0.25) is 9.36 Å². The number of amides is 1. The Labute approximate surface area is 152 Å². The number of nitrogens with one attached hydrogen (secondary N) is 1. The molecular weight excluding hydrogens is 334 g/mol. The van der Waals surface area contributed by atoms with Gasteiger partial charge in [0.25, 0.3) is 0 Å². The molecule has 0 aliphatic heterocycles. The van der Waals surface area contributed by atoms with Crippen LogP contribution in [0, 0.1) is 4.91 Å². The second kappa shape index (κ2) is 7.68. The maximum absolute atomic E-state index is 12.5. The summed E-state index contributed by atoms with van der Waals surface area (Å²) in [5.74, 6) is -0.427. The summed E-state index contributed by atoms with van der Waals surface area (Å²) < 4.78 is 6.84. The Morgan fingerprint density at radius 2 is 1.88 bits per heavy atom. The Bertz CT molecular complexity index is 818. The molecule has 0 fully saturated rings. The lowest BCUT2D eigenvalue weighted by Crippen LogP contribution is -2.38. The molecule has 0 unspecified atom stereocenters. The number of aromatic nitrogens is 1. The second-order valence-electron chi connectivity index (χ2n) is 7.51. The van der Waals surface area contributed by atoms with Crippen molar-refractivity contribution >= 4 is 22.9 Å². The van der Waals surface area contributed by atoms with E-state index in [1.807, 2.05) is 32.0 Å². The number of carbonyl (C=O) groups is 2. The SMILES string of the molecule is CC(C)NC(=O)[C@H](Cc1cn(C(=O)OC(C)(C)C)c2ccccc12)N=O. The van der Waals surface area contributed by atoms with Crippen LogP contribution in [0.1, 0.15) is 40.2 Å². The summed E-state index contributed by atoms with van der Waals surface area (Å²) >= 11 is 0. The zero-order valence-corrected chi connectivity index (χ0v) is 15.8. The number of para-hydroxylation sites is 1. The predicted octanol–water partition coefficient (Wildman–Crippen LogP) is 3.63. The summed E-state index contributed by atoms with van der Waals surface area (Å²) in [5, 5.41) is 6.44. The lowest BCUT2D eigenvalue weighted by Gasteiger charge is -2.19. The number of nitrogens with zero attached hydrogens (tertiary/aromatic N) is 2. The minimum Gasteiger partial charge on any atom is -0.443 e. The fourth-order valence-corrected chi connectivity index (χ4v) is 2.64. The second-order valence-corrected chi connectivity index (χ2v) is 7.51. The average molecular weight is 359 g/mol. The number of hydrogen-bond donors (Lipinski definition) is 1. The Morgan fingerprint density at radius 1 is 1.23 bits per heavy atom. The highest BCUT2D eigenvalue weighted by Crippen LogP contribution is 2.24. The molecule has 0 aliphatic carbocycles. The van der Waals surface area contributed by atoms with Crippen LogP contribution in [0.15, 0.2) is 35.6 Å². The summed E-state index contributed by atoms with van der Waals surface area (Å²) in [6, 6.07) is 6.13. The molecule has 2 rings (SSSR count). The van der Waals surface area contributed by atoms with Crippen LogP contribution in [0.4, 0.5) is 4.79 Å². The fourth-order valence-electron chi connectivity index (χ4n) is 2.64. The number of nitroso groups, excluding NO2 is 1. The topological polar surface area (TPSA) is 89.8 Å². The number of ether oxygens (including phenoxy) is 1. The molecule has 7 heteroatoms. The number of hydrogen-bond acceptors (Lipinski definition) is 5. The van der Waals surface area contributed by atoms with E-state index in [4.69, 9.17) is 4.74 Å². The van der Waals surface area contributed by atoms with Crippen LogP contribution in [0.2, 0.25) is 0 Å². The monoisotopic (exact) mass is 359 g/mol. The first-order valence-electron chi connectivity index (χ1n) is 8.57. The number of rotatable bonds is 5.